The Balaban J connectivity index is 1.84. The van der Waals surface area contributed by atoms with E-state index in [4.69, 9.17) is 0 Å². The van der Waals surface area contributed by atoms with Crippen molar-refractivity contribution in [2.75, 3.05) is 0 Å². The number of benzene rings is 1. The number of hydrogen-bond donors (Lipinski definition) is 1. The fourth-order valence-electron chi connectivity index (χ4n) is 2.59. The van der Waals surface area contributed by atoms with E-state index in [1.807, 2.05) is 13.0 Å². The van der Waals surface area contributed by atoms with Crippen LogP contribution in [0, 0.1) is 25.6 Å². The molecule has 1 aromatic carbocycles. The van der Waals surface area contributed by atoms with E-state index in [1.165, 1.54) is 6.07 Å². The molecule has 1 aromatic heterocycles. The average molecular weight is 302 g/mol. The highest BCUT2D eigenvalue weighted by atomic mass is 19.1. The number of nitrogens with zero attached hydrogens (tertiary/aromatic N) is 3. The molecule has 1 unspecified atom stereocenters. The van der Waals surface area contributed by atoms with Crippen LogP contribution in [-0.2, 0) is 7.05 Å². The maximum absolute atomic E-state index is 13.5. The molecule has 2 aromatic rings. The lowest BCUT2D eigenvalue weighted by atomic mass is 10.00. The van der Waals surface area contributed by atoms with Gasteiger partial charge in [-0.25, -0.2) is 4.39 Å². The number of rotatable bonds is 4. The number of hydrogen-bond acceptors (Lipinski definition) is 3. The molecule has 1 atom stereocenters. The molecule has 0 aliphatic heterocycles. The Bertz CT molecular complexity index is 721. The summed E-state index contributed by atoms with van der Waals surface area (Å²) in [7, 11) is 1.75. The fourth-order valence-corrected chi connectivity index (χ4v) is 2.59. The second-order valence-electron chi connectivity index (χ2n) is 5.94. The van der Waals surface area contributed by atoms with E-state index < -0.39 is 0 Å². The molecule has 5 nitrogen and oxygen atoms in total. The molecule has 1 heterocycles. The second kappa shape index (κ2) is 5.51. The number of aromatic nitrogens is 3. The molecule has 0 radical (unpaired) electrons. The van der Waals surface area contributed by atoms with Crippen LogP contribution in [0.15, 0.2) is 18.2 Å². The molecule has 0 saturated heterocycles. The van der Waals surface area contributed by atoms with Crippen molar-refractivity contribution in [1.29, 1.82) is 0 Å². The number of halogens is 1. The Kier molecular flexibility index (Phi) is 3.68. The van der Waals surface area contributed by atoms with Gasteiger partial charge in [-0.1, -0.05) is 17.3 Å². The third kappa shape index (κ3) is 2.73. The zero-order valence-electron chi connectivity index (χ0n) is 12.9. The topological polar surface area (TPSA) is 59.8 Å². The first-order valence-electron chi connectivity index (χ1n) is 7.40. The maximum Gasteiger partial charge on any atom is 0.274 e. The summed E-state index contributed by atoms with van der Waals surface area (Å²) in [6.45, 7) is 3.54. The predicted molar refractivity (Wildman–Crippen MR) is 79.8 cm³/mol. The number of amides is 1. The summed E-state index contributed by atoms with van der Waals surface area (Å²) in [4.78, 5) is 12.4. The molecular weight excluding hydrogens is 283 g/mol. The van der Waals surface area contributed by atoms with Gasteiger partial charge >= 0.3 is 0 Å². The Hall–Kier alpha value is -2.24. The lowest BCUT2D eigenvalue weighted by molar-refractivity contribution is 0.0926. The zero-order valence-corrected chi connectivity index (χ0v) is 12.9. The van der Waals surface area contributed by atoms with Crippen LogP contribution in [0.4, 0.5) is 4.39 Å². The molecule has 1 amide bonds. The first kappa shape index (κ1) is 14.7. The molecule has 3 rings (SSSR count). The van der Waals surface area contributed by atoms with Crippen molar-refractivity contribution in [3.8, 4) is 0 Å². The van der Waals surface area contributed by atoms with Gasteiger partial charge in [-0.15, -0.1) is 5.10 Å². The SMILES string of the molecule is Cc1cc(C(NC(=O)c2nnn(C)c2C)C2CC2)ccc1F. The summed E-state index contributed by atoms with van der Waals surface area (Å²) in [6.07, 6.45) is 2.14. The van der Waals surface area contributed by atoms with Crippen LogP contribution in [-0.4, -0.2) is 20.9 Å². The van der Waals surface area contributed by atoms with Crippen molar-refractivity contribution in [3.05, 3.63) is 46.5 Å². The van der Waals surface area contributed by atoms with Crippen molar-refractivity contribution in [3.63, 3.8) is 0 Å². The number of nitrogens with one attached hydrogen (secondary N) is 1. The quantitative estimate of drug-likeness (QED) is 0.943. The monoisotopic (exact) mass is 302 g/mol. The molecule has 1 aliphatic rings. The summed E-state index contributed by atoms with van der Waals surface area (Å²) in [5, 5.41) is 10.8. The molecule has 1 aliphatic carbocycles. The molecule has 22 heavy (non-hydrogen) atoms. The van der Waals surface area contributed by atoms with Gasteiger partial charge in [0.1, 0.15) is 5.82 Å². The first-order chi connectivity index (χ1) is 10.5. The molecule has 116 valence electrons. The summed E-state index contributed by atoms with van der Waals surface area (Å²) in [5.74, 6) is -0.0512. The summed E-state index contributed by atoms with van der Waals surface area (Å²) < 4.78 is 15.0. The van der Waals surface area contributed by atoms with Crippen LogP contribution in [0.5, 0.6) is 0 Å². The number of aryl methyl sites for hydroxylation is 2. The minimum atomic E-state index is -0.232. The van der Waals surface area contributed by atoms with Crippen molar-refractivity contribution in [2.24, 2.45) is 13.0 Å². The Morgan fingerprint density at radius 3 is 2.68 bits per heavy atom. The molecule has 1 saturated carbocycles. The van der Waals surface area contributed by atoms with Crippen molar-refractivity contribution in [1.82, 2.24) is 20.3 Å². The standard InChI is InChI=1S/C16H19FN4O/c1-9-8-12(6-7-13(9)17)15(11-4-5-11)18-16(22)14-10(2)21(3)20-19-14/h6-8,11,15H,4-5H2,1-3H3,(H,18,22). The predicted octanol–water partition coefficient (Wildman–Crippen LogP) is 2.45. The molecule has 0 bridgehead atoms. The Morgan fingerprint density at radius 2 is 2.14 bits per heavy atom. The van der Waals surface area contributed by atoms with Gasteiger partial charge in [0.2, 0.25) is 0 Å². The van der Waals surface area contributed by atoms with Crippen LogP contribution < -0.4 is 5.32 Å². The van der Waals surface area contributed by atoms with Crippen LogP contribution in [0.25, 0.3) is 0 Å². The lowest BCUT2D eigenvalue weighted by Crippen LogP contribution is -2.30. The van der Waals surface area contributed by atoms with E-state index in [9.17, 15) is 9.18 Å². The number of carbonyl (C=O) groups excluding carboxylic acids is 1. The molecule has 1 N–H and O–H groups in total. The highest BCUT2D eigenvalue weighted by molar-refractivity contribution is 5.93. The van der Waals surface area contributed by atoms with E-state index in [1.54, 1.807) is 24.7 Å². The van der Waals surface area contributed by atoms with Gasteiger partial charge in [0.15, 0.2) is 5.69 Å². The third-order valence-corrected chi connectivity index (χ3v) is 4.24. The van der Waals surface area contributed by atoms with Crippen molar-refractivity contribution < 1.29 is 9.18 Å². The van der Waals surface area contributed by atoms with E-state index >= 15 is 0 Å². The summed E-state index contributed by atoms with van der Waals surface area (Å²) in [6, 6.07) is 4.91. The normalized spacial score (nSPS) is 15.6. The van der Waals surface area contributed by atoms with E-state index in [-0.39, 0.29) is 17.8 Å². The highest BCUT2D eigenvalue weighted by Gasteiger charge is 2.34. The average Bonchev–Trinajstić information content (AvgIpc) is 3.27. The summed E-state index contributed by atoms with van der Waals surface area (Å²) in [5.41, 5.74) is 2.60. The van der Waals surface area contributed by atoms with Crippen molar-refractivity contribution >= 4 is 5.91 Å². The molecule has 1 fully saturated rings. The van der Waals surface area contributed by atoms with Gasteiger partial charge in [-0.05, 0) is 49.8 Å². The van der Waals surface area contributed by atoms with Crippen LogP contribution in [0.2, 0.25) is 0 Å². The molecule has 0 spiro atoms. The van der Waals surface area contributed by atoms with Gasteiger partial charge < -0.3 is 5.32 Å². The first-order valence-corrected chi connectivity index (χ1v) is 7.40. The van der Waals surface area contributed by atoms with Gasteiger partial charge in [0, 0.05) is 7.05 Å². The van der Waals surface area contributed by atoms with Crippen molar-refractivity contribution in [2.45, 2.75) is 32.7 Å². The van der Waals surface area contributed by atoms with Crippen LogP contribution in [0.1, 0.15) is 46.2 Å². The minimum Gasteiger partial charge on any atom is -0.343 e. The van der Waals surface area contributed by atoms with E-state index in [2.05, 4.69) is 15.6 Å². The Labute approximate surface area is 128 Å². The lowest BCUT2D eigenvalue weighted by Gasteiger charge is -2.19. The largest absolute Gasteiger partial charge is 0.343 e. The maximum atomic E-state index is 13.5. The third-order valence-electron chi connectivity index (χ3n) is 4.24. The molecule has 6 heteroatoms. The van der Waals surface area contributed by atoms with Crippen LogP contribution in [0.3, 0.4) is 0 Å². The van der Waals surface area contributed by atoms with E-state index in [0.29, 0.717) is 17.2 Å². The van der Waals surface area contributed by atoms with E-state index in [0.717, 1.165) is 24.1 Å². The number of carbonyl (C=O) groups is 1. The molecular formula is C16H19FN4O. The fraction of sp³-hybridized carbons (Fsp3) is 0.438. The second-order valence-corrected chi connectivity index (χ2v) is 5.94. The minimum absolute atomic E-state index is 0.104. The van der Waals surface area contributed by atoms with Gasteiger partial charge in [-0.3, -0.25) is 9.48 Å². The Morgan fingerprint density at radius 1 is 1.41 bits per heavy atom. The van der Waals surface area contributed by atoms with Gasteiger partial charge in [0.05, 0.1) is 11.7 Å². The smallest absolute Gasteiger partial charge is 0.274 e. The van der Waals surface area contributed by atoms with Crippen LogP contribution >= 0.6 is 0 Å². The highest BCUT2D eigenvalue weighted by Crippen LogP contribution is 2.41. The van der Waals surface area contributed by atoms with Gasteiger partial charge in [0.25, 0.3) is 5.91 Å². The summed E-state index contributed by atoms with van der Waals surface area (Å²) >= 11 is 0. The van der Waals surface area contributed by atoms with Gasteiger partial charge in [-0.2, -0.15) is 0 Å². The zero-order chi connectivity index (χ0) is 15.9.